The van der Waals surface area contributed by atoms with E-state index in [9.17, 15) is 19.8 Å². The van der Waals surface area contributed by atoms with E-state index in [1.54, 1.807) is 24.3 Å². The average molecular weight is 391 g/mol. The van der Waals surface area contributed by atoms with E-state index in [1.165, 1.54) is 24.3 Å². The zero-order chi connectivity index (χ0) is 16.7. The first-order chi connectivity index (χ1) is 11.1. The number of rotatable bonds is 6. The van der Waals surface area contributed by atoms with Crippen LogP contribution in [-0.2, 0) is 0 Å². The van der Waals surface area contributed by atoms with Crippen molar-refractivity contribution >= 4 is 11.8 Å². The van der Waals surface area contributed by atoms with Gasteiger partial charge in [-0.15, -0.1) is 0 Å². The number of hydrogen-bond acceptors (Lipinski definition) is 4. The molecule has 0 unspecified atom stereocenters. The molecule has 0 fully saturated rings. The smallest absolute Gasteiger partial charge is 0.872 e. The molecule has 0 spiro atoms. The Morgan fingerprint density at radius 3 is 1.44 bits per heavy atom. The SMILES string of the molecule is O=C(NCCCNC(=O)c1ccccc1[O-])c1ccccc1[O-].[K+].[K+]. The van der Waals surface area contributed by atoms with E-state index in [1.807, 2.05) is 0 Å². The minimum Gasteiger partial charge on any atom is -0.872 e. The Bertz CT molecular complexity index is 651. The number of benzene rings is 2. The third kappa shape index (κ3) is 8.21. The molecule has 0 heterocycles. The van der Waals surface area contributed by atoms with Gasteiger partial charge in [0.1, 0.15) is 0 Å². The normalized spacial score (nSPS) is 9.28. The van der Waals surface area contributed by atoms with Gasteiger partial charge >= 0.3 is 103 Å². The molecule has 0 aromatic heterocycles. The van der Waals surface area contributed by atoms with Crippen LogP contribution in [0.4, 0.5) is 0 Å². The first-order valence-electron chi connectivity index (χ1n) is 7.18. The van der Waals surface area contributed by atoms with Crippen molar-refractivity contribution in [3.05, 3.63) is 59.7 Å². The van der Waals surface area contributed by atoms with Gasteiger partial charge in [0.05, 0.1) is 0 Å². The second-order valence-corrected chi connectivity index (χ2v) is 4.86. The van der Waals surface area contributed by atoms with Gasteiger partial charge < -0.3 is 20.8 Å². The topological polar surface area (TPSA) is 104 Å². The molecule has 8 heteroatoms. The van der Waals surface area contributed by atoms with Crippen LogP contribution in [-0.4, -0.2) is 24.9 Å². The minimum absolute atomic E-state index is 0. The number of carbonyl (C=O) groups excluding carboxylic acids is 2. The monoisotopic (exact) mass is 390 g/mol. The maximum absolute atomic E-state index is 11.8. The van der Waals surface area contributed by atoms with Crippen LogP contribution in [0, 0.1) is 0 Å². The first-order valence-corrected chi connectivity index (χ1v) is 7.18. The number of carbonyl (C=O) groups is 2. The van der Waals surface area contributed by atoms with E-state index in [2.05, 4.69) is 10.6 Å². The van der Waals surface area contributed by atoms with Crippen molar-refractivity contribution in [3.63, 3.8) is 0 Å². The molecule has 120 valence electrons. The van der Waals surface area contributed by atoms with E-state index in [0.29, 0.717) is 19.5 Å². The van der Waals surface area contributed by atoms with E-state index in [-0.39, 0.29) is 125 Å². The van der Waals surface area contributed by atoms with Crippen molar-refractivity contribution in [1.29, 1.82) is 0 Å². The summed E-state index contributed by atoms with van der Waals surface area (Å²) in [6.07, 6.45) is 0.486. The van der Waals surface area contributed by atoms with Crippen LogP contribution in [0.2, 0.25) is 0 Å². The summed E-state index contributed by atoms with van der Waals surface area (Å²) in [5.74, 6) is -1.53. The van der Waals surface area contributed by atoms with Crippen molar-refractivity contribution in [2.24, 2.45) is 0 Å². The third-order valence-electron chi connectivity index (χ3n) is 3.19. The van der Waals surface area contributed by atoms with Crippen LogP contribution in [0.15, 0.2) is 48.5 Å². The summed E-state index contributed by atoms with van der Waals surface area (Å²) in [7, 11) is 0. The average Bonchev–Trinajstić information content (AvgIpc) is 2.55. The summed E-state index contributed by atoms with van der Waals surface area (Å²) in [6.45, 7) is 0.624. The van der Waals surface area contributed by atoms with Gasteiger partial charge in [-0.2, -0.15) is 0 Å². The van der Waals surface area contributed by atoms with Gasteiger partial charge in [0, 0.05) is 24.2 Å². The maximum atomic E-state index is 11.8. The van der Waals surface area contributed by atoms with Crippen molar-refractivity contribution in [2.75, 3.05) is 13.1 Å². The Kier molecular flexibility index (Phi) is 13.6. The van der Waals surface area contributed by atoms with Gasteiger partial charge in [0.25, 0.3) is 11.8 Å². The third-order valence-corrected chi connectivity index (χ3v) is 3.19. The van der Waals surface area contributed by atoms with Crippen LogP contribution in [0.1, 0.15) is 27.1 Å². The molecule has 0 saturated heterocycles. The Balaban J connectivity index is 0.00000288. The predicted octanol–water partition coefficient (Wildman–Crippen LogP) is -5.61. The predicted molar refractivity (Wildman–Crippen MR) is 81.1 cm³/mol. The Morgan fingerprint density at radius 1 is 0.720 bits per heavy atom. The molecule has 0 saturated carbocycles. The number of nitrogens with one attached hydrogen (secondary N) is 2. The summed E-state index contributed by atoms with van der Waals surface area (Å²) in [6, 6.07) is 12.0. The maximum Gasteiger partial charge on any atom is 1.00 e. The molecular weight excluding hydrogens is 374 g/mol. The van der Waals surface area contributed by atoms with Gasteiger partial charge in [0.15, 0.2) is 0 Å². The zero-order valence-corrected chi connectivity index (χ0v) is 20.6. The Morgan fingerprint density at radius 2 is 1.08 bits per heavy atom. The van der Waals surface area contributed by atoms with Crippen LogP contribution in [0.25, 0.3) is 0 Å². The van der Waals surface area contributed by atoms with E-state index in [4.69, 9.17) is 0 Å². The molecule has 2 aromatic carbocycles. The molecule has 2 amide bonds. The molecule has 0 radical (unpaired) electrons. The summed E-state index contributed by atoms with van der Waals surface area (Å²) in [4.78, 5) is 23.6. The van der Waals surface area contributed by atoms with E-state index in [0.717, 1.165) is 0 Å². The molecule has 25 heavy (non-hydrogen) atoms. The molecule has 2 rings (SSSR count). The van der Waals surface area contributed by atoms with E-state index >= 15 is 0 Å². The second-order valence-electron chi connectivity index (χ2n) is 4.86. The van der Waals surface area contributed by atoms with Crippen molar-refractivity contribution < 1.29 is 123 Å². The molecular formula is C17H16K2N2O4. The second kappa shape index (κ2) is 13.4. The van der Waals surface area contributed by atoms with Crippen LogP contribution >= 0.6 is 0 Å². The fraction of sp³-hybridized carbons (Fsp3) is 0.176. The Labute approximate surface area is 231 Å². The molecule has 2 N–H and O–H groups in total. The van der Waals surface area contributed by atoms with Gasteiger partial charge in [0.2, 0.25) is 0 Å². The van der Waals surface area contributed by atoms with E-state index < -0.39 is 11.8 Å². The molecule has 0 atom stereocenters. The number of hydrogen-bond donors (Lipinski definition) is 2. The number of amides is 2. The van der Waals surface area contributed by atoms with Crippen LogP contribution < -0.4 is 124 Å². The summed E-state index contributed by atoms with van der Waals surface area (Å²) in [5.41, 5.74) is 0.189. The fourth-order valence-electron chi connectivity index (χ4n) is 1.99. The first kappa shape index (κ1) is 25.3. The summed E-state index contributed by atoms with van der Waals surface area (Å²) < 4.78 is 0. The van der Waals surface area contributed by atoms with Gasteiger partial charge in [-0.25, -0.2) is 0 Å². The standard InChI is InChI=1S/C17H18N2O4.2K/c20-14-8-3-1-6-12(14)16(22)18-10-5-11-19-17(23)13-7-2-4-9-15(13)21;;/h1-4,6-9,20-21H,5,10-11H2,(H,18,22)(H,19,23);;/q;2*+1/p-2. The Hall–Kier alpha value is 0.253. The minimum atomic E-state index is -0.438. The molecule has 0 aliphatic carbocycles. The van der Waals surface area contributed by atoms with Gasteiger partial charge in [-0.05, 0) is 6.42 Å². The van der Waals surface area contributed by atoms with Crippen molar-refractivity contribution in [2.45, 2.75) is 6.42 Å². The van der Waals surface area contributed by atoms with Crippen LogP contribution in [0.3, 0.4) is 0 Å². The van der Waals surface area contributed by atoms with Gasteiger partial charge in [-0.1, -0.05) is 60.0 Å². The largest absolute Gasteiger partial charge is 1.00 e. The molecule has 0 bridgehead atoms. The summed E-state index contributed by atoms with van der Waals surface area (Å²) in [5, 5.41) is 28.2. The van der Waals surface area contributed by atoms with Crippen molar-refractivity contribution in [1.82, 2.24) is 10.6 Å². The fourth-order valence-corrected chi connectivity index (χ4v) is 1.99. The number of para-hydroxylation sites is 2. The van der Waals surface area contributed by atoms with Gasteiger partial charge in [-0.3, -0.25) is 9.59 Å². The molecule has 2 aromatic rings. The van der Waals surface area contributed by atoms with Crippen molar-refractivity contribution in [3.8, 4) is 11.5 Å². The molecule has 0 aliphatic rings. The molecule has 0 aliphatic heterocycles. The summed E-state index contributed by atoms with van der Waals surface area (Å²) >= 11 is 0. The molecule has 6 nitrogen and oxygen atoms in total. The van der Waals surface area contributed by atoms with Crippen LogP contribution in [0.5, 0.6) is 11.5 Å². The quantitative estimate of drug-likeness (QED) is 0.379. The zero-order valence-electron chi connectivity index (χ0n) is 14.4.